The van der Waals surface area contributed by atoms with Crippen molar-refractivity contribution in [2.24, 2.45) is 0 Å². The summed E-state index contributed by atoms with van der Waals surface area (Å²) in [6.45, 7) is 4.70. The van der Waals surface area contributed by atoms with Crippen molar-refractivity contribution in [1.82, 2.24) is 14.1 Å². The van der Waals surface area contributed by atoms with Crippen molar-refractivity contribution >= 4 is 99.4 Å². The maximum absolute atomic E-state index is 4.69. The molecule has 143 heavy (non-hydrogen) atoms. The van der Waals surface area contributed by atoms with Crippen LogP contribution in [0.5, 0.6) is 0 Å². The lowest BCUT2D eigenvalue weighted by Gasteiger charge is -2.34. The predicted molar refractivity (Wildman–Crippen MR) is 598 cm³/mol. The van der Waals surface area contributed by atoms with E-state index in [-0.39, 0.29) is 5.41 Å². The first-order chi connectivity index (χ1) is 70.7. The van der Waals surface area contributed by atoms with Gasteiger partial charge in [0.05, 0.1) is 61.2 Å². The molecule has 0 unspecified atom stereocenters. The molecule has 0 amide bonds. The lowest BCUT2D eigenvalue weighted by Crippen LogP contribution is -2.28. The highest BCUT2D eigenvalue weighted by Crippen LogP contribution is 2.62. The Labute approximate surface area is 832 Å². The largest absolute Gasteiger partial charge is 0.310 e. The number of hydrogen-bond acceptors (Lipinski definition) is 3. The van der Waals surface area contributed by atoms with Crippen molar-refractivity contribution in [3.8, 4) is 89.3 Å². The second-order valence-corrected chi connectivity index (χ2v) is 38.6. The number of pyridine rings is 1. The minimum atomic E-state index is -0.497. The highest BCUT2D eigenvalue weighted by Gasteiger charge is 2.49. The number of nitrogens with zero attached hydrogens (tertiary/aromatic N) is 5. The van der Waals surface area contributed by atoms with Crippen LogP contribution in [0.4, 0.5) is 34.1 Å². The molecule has 28 rings (SSSR count). The first-order valence-corrected chi connectivity index (χ1v) is 49.6. The molecule has 3 aliphatic rings. The number of aromatic nitrogens is 3. The van der Waals surface area contributed by atoms with Crippen LogP contribution in [0.3, 0.4) is 0 Å². The quantitative estimate of drug-likeness (QED) is 0.0965. The average Bonchev–Trinajstić information content (AvgIpc) is 1.53. The van der Waals surface area contributed by atoms with Crippen molar-refractivity contribution in [2.75, 3.05) is 9.80 Å². The molecule has 0 atom stereocenters. The van der Waals surface area contributed by atoms with Crippen molar-refractivity contribution in [3.63, 3.8) is 0 Å². The maximum atomic E-state index is 4.69. The molecule has 0 saturated carbocycles. The van der Waals surface area contributed by atoms with Crippen LogP contribution >= 0.6 is 0 Å². The van der Waals surface area contributed by atoms with Gasteiger partial charge in [0.25, 0.3) is 0 Å². The lowest BCUT2D eigenvalue weighted by molar-refractivity contribution is 0.660. The summed E-state index contributed by atoms with van der Waals surface area (Å²) in [6, 6.07) is 197. The molecule has 672 valence electrons. The number of para-hydroxylation sites is 3. The Morgan fingerprint density at radius 2 is 0.545 bits per heavy atom. The minimum Gasteiger partial charge on any atom is -0.310 e. The van der Waals surface area contributed by atoms with Gasteiger partial charge >= 0.3 is 0 Å². The molecule has 3 heterocycles. The van der Waals surface area contributed by atoms with Gasteiger partial charge in [-0.3, -0.25) is 4.98 Å². The highest BCUT2D eigenvalue weighted by atomic mass is 15.2. The SMILES string of the molecule is CC1(C)c2ccccc2-c2cc(N(c3cccc(-c4cccc(-c5ccc6c7ccccc7n(-c7cccc8c7-c7ccccc7C8(c7ccccc7)c7ccccc7)c6c5)c4)c3)c3cccc4ccccc34)ccc21.c1ccc(N(c2cccc(-c3cccc(-c4ccc5c6ccccc6n(-c6cccc7c6-c6ccccc6C7(c6ccccc6)c6ccccc6)c5c4)c3)c2)c2cccc3ncccc23)cc1. The Bertz CT molecular complexity index is 9240. The van der Waals surface area contributed by atoms with Gasteiger partial charge in [0.2, 0.25) is 0 Å². The Morgan fingerprint density at radius 3 is 1.06 bits per heavy atom. The van der Waals surface area contributed by atoms with Gasteiger partial charge in [0.1, 0.15) is 0 Å². The van der Waals surface area contributed by atoms with E-state index in [2.05, 4.69) is 561 Å². The molecule has 5 heteroatoms. The fraction of sp³-hybridized carbons (Fsp3) is 0.0362. The second-order valence-electron chi connectivity index (χ2n) is 38.6. The summed E-state index contributed by atoms with van der Waals surface area (Å²) in [6.07, 6.45) is 1.86. The summed E-state index contributed by atoms with van der Waals surface area (Å²) >= 11 is 0. The fourth-order valence-electron chi connectivity index (χ4n) is 24.5. The number of fused-ring (bicyclic) bond motifs is 17. The van der Waals surface area contributed by atoms with Gasteiger partial charge in [-0.25, -0.2) is 0 Å². The van der Waals surface area contributed by atoms with Crippen LogP contribution in [-0.4, -0.2) is 14.1 Å². The molecule has 0 N–H and O–H groups in total. The Kier molecular flexibility index (Phi) is 20.0. The number of hydrogen-bond donors (Lipinski definition) is 0. The van der Waals surface area contributed by atoms with E-state index in [1.807, 2.05) is 12.3 Å². The molecule has 5 nitrogen and oxygen atoms in total. The van der Waals surface area contributed by atoms with Crippen LogP contribution in [0.25, 0.3) is 155 Å². The number of anilines is 6. The molecule has 0 saturated heterocycles. The molecule has 0 fully saturated rings. The average molecular weight is 1820 g/mol. The van der Waals surface area contributed by atoms with Crippen LogP contribution in [0, 0.1) is 0 Å². The zero-order chi connectivity index (χ0) is 94.9. The monoisotopic (exact) mass is 1820 g/mol. The minimum absolute atomic E-state index is 0.0767. The van der Waals surface area contributed by atoms with Crippen molar-refractivity contribution in [3.05, 3.63) is 596 Å². The summed E-state index contributed by atoms with van der Waals surface area (Å²) in [5, 5.41) is 8.47. The first-order valence-electron chi connectivity index (χ1n) is 49.6. The summed E-state index contributed by atoms with van der Waals surface area (Å²) in [5.41, 5.74) is 43.6. The van der Waals surface area contributed by atoms with Crippen molar-refractivity contribution in [1.29, 1.82) is 0 Å². The van der Waals surface area contributed by atoms with Gasteiger partial charge in [0.15, 0.2) is 0 Å². The Hall–Kier alpha value is -18.3. The van der Waals surface area contributed by atoms with Gasteiger partial charge in [-0.2, -0.15) is 0 Å². The predicted octanol–water partition coefficient (Wildman–Crippen LogP) is 35.9. The van der Waals surface area contributed by atoms with Gasteiger partial charge in [0, 0.05) is 77.8 Å². The number of rotatable bonds is 16. The van der Waals surface area contributed by atoms with E-state index >= 15 is 0 Å². The maximum Gasteiger partial charge on any atom is 0.0723 e. The van der Waals surface area contributed by atoms with Gasteiger partial charge in [-0.1, -0.05) is 420 Å². The standard InChI is InChI=1S/C74H52N2.C64H43N3/c1-73(2)64-35-14-11-32-59(64)63-48-57(42-44-65(63)73)75(68-39-19-22-49-21-9-10-31-58(49)68)56-30-18-25-52(46-56)50-23-17-24-51(45-50)53-41-43-61-60-33-13-16-38-69(60)76(71(61)47-53)70-40-20-37-67-72(70)62-34-12-15-36-66(62)74(67,54-26-5-3-6-27-54)55-28-7-4-8-29-55;1-4-22-48(23-5-1)64(49-24-6-2-7-25-49)56-32-12-10-30-54(56)63-57(64)33-16-37-61(63)67-59-35-13-11-29-52(59)53-39-38-47(43-62(53)67)45-20-14-19-44(41-45)46-21-15-28-51(42-46)66(50-26-8-3-9-27-50)60-36-17-34-58-55(60)31-18-40-65-58/h3-48H,1-2H3;1-43H. The molecule has 0 spiro atoms. The van der Waals surface area contributed by atoms with Gasteiger partial charge in [-0.05, 0) is 255 Å². The van der Waals surface area contributed by atoms with Gasteiger partial charge < -0.3 is 18.9 Å². The summed E-state index contributed by atoms with van der Waals surface area (Å²) in [5.74, 6) is 0. The molecule has 0 aliphatic heterocycles. The van der Waals surface area contributed by atoms with E-state index in [4.69, 9.17) is 4.98 Å². The molecular formula is C138H95N5. The summed E-state index contributed by atoms with van der Waals surface area (Å²) in [7, 11) is 0. The first kappa shape index (κ1) is 84.0. The lowest BCUT2D eigenvalue weighted by atomic mass is 9.68. The topological polar surface area (TPSA) is 29.2 Å². The molecule has 3 aromatic heterocycles. The smallest absolute Gasteiger partial charge is 0.0723 e. The molecule has 22 aromatic carbocycles. The third kappa shape index (κ3) is 13.4. The third-order valence-electron chi connectivity index (χ3n) is 30.7. The van der Waals surface area contributed by atoms with E-state index < -0.39 is 10.8 Å². The summed E-state index contributed by atoms with van der Waals surface area (Å²) in [4.78, 5) is 9.49. The molecule has 0 radical (unpaired) electrons. The van der Waals surface area contributed by atoms with Crippen LogP contribution in [0.1, 0.15) is 69.5 Å². The zero-order valence-electron chi connectivity index (χ0n) is 79.1. The van der Waals surface area contributed by atoms with Gasteiger partial charge in [-0.15, -0.1) is 0 Å². The number of benzene rings is 22. The zero-order valence-corrected chi connectivity index (χ0v) is 79.1. The van der Waals surface area contributed by atoms with Crippen LogP contribution < -0.4 is 9.80 Å². The van der Waals surface area contributed by atoms with Crippen LogP contribution in [-0.2, 0) is 16.2 Å². The van der Waals surface area contributed by atoms with Crippen molar-refractivity contribution in [2.45, 2.75) is 30.1 Å². The molecular weight excluding hydrogens is 1730 g/mol. The third-order valence-corrected chi connectivity index (χ3v) is 30.7. The van der Waals surface area contributed by atoms with Crippen LogP contribution in [0.2, 0.25) is 0 Å². The van der Waals surface area contributed by atoms with E-state index in [1.54, 1.807) is 0 Å². The van der Waals surface area contributed by atoms with Crippen molar-refractivity contribution < 1.29 is 0 Å². The van der Waals surface area contributed by atoms with E-state index in [0.29, 0.717) is 0 Å². The molecule has 0 bridgehead atoms. The highest BCUT2D eigenvalue weighted by molar-refractivity contribution is 6.14. The fourth-order valence-corrected chi connectivity index (χ4v) is 24.5. The molecule has 3 aliphatic carbocycles. The van der Waals surface area contributed by atoms with E-state index in [1.165, 1.54) is 171 Å². The normalized spacial score (nSPS) is 13.1. The second kappa shape index (κ2) is 34.1. The Morgan fingerprint density at radius 1 is 0.203 bits per heavy atom. The van der Waals surface area contributed by atoms with E-state index in [0.717, 1.165) is 72.8 Å². The molecule has 25 aromatic rings. The van der Waals surface area contributed by atoms with E-state index in [9.17, 15) is 0 Å². The van der Waals surface area contributed by atoms with Crippen LogP contribution in [0.15, 0.2) is 540 Å². The summed E-state index contributed by atoms with van der Waals surface area (Å²) < 4.78 is 5.05. The Balaban J connectivity index is 0.000000144.